The number of anilines is 1. The maximum Gasteiger partial charge on any atom is 0.194 e. The number of fused-ring (bicyclic) bond motifs is 1. The Balaban J connectivity index is 1.54. The second-order valence-electron chi connectivity index (χ2n) is 8.05. The van der Waals surface area contributed by atoms with Crippen molar-refractivity contribution in [1.29, 1.82) is 0 Å². The van der Waals surface area contributed by atoms with Crippen molar-refractivity contribution < 1.29 is 14.2 Å². The summed E-state index contributed by atoms with van der Waals surface area (Å²) in [6.45, 7) is 8.72. The highest BCUT2D eigenvalue weighted by Crippen LogP contribution is 2.33. The van der Waals surface area contributed by atoms with Gasteiger partial charge in [0.05, 0.1) is 34.0 Å². The van der Waals surface area contributed by atoms with Crippen LogP contribution in [0.25, 0.3) is 0 Å². The van der Waals surface area contributed by atoms with Gasteiger partial charge in [0, 0.05) is 38.4 Å². The lowest BCUT2D eigenvalue weighted by Gasteiger charge is -2.32. The summed E-state index contributed by atoms with van der Waals surface area (Å²) < 4.78 is 16.5. The zero-order chi connectivity index (χ0) is 22.3. The van der Waals surface area contributed by atoms with Gasteiger partial charge in [-0.3, -0.25) is 0 Å². The molecule has 7 heteroatoms. The molecule has 0 spiro atoms. The number of hydrogen-bond acceptors (Lipinski definition) is 5. The molecule has 172 valence electrons. The SMILES string of the molecule is CCNC(=NCc1ccccc1N1CCOCC1)N1CCc2cc(OC)c(OC)cc2C1. The van der Waals surface area contributed by atoms with Gasteiger partial charge < -0.3 is 29.3 Å². The van der Waals surface area contributed by atoms with Gasteiger partial charge in [-0.25, -0.2) is 4.99 Å². The van der Waals surface area contributed by atoms with E-state index >= 15 is 0 Å². The first-order chi connectivity index (χ1) is 15.7. The summed E-state index contributed by atoms with van der Waals surface area (Å²) in [6, 6.07) is 12.8. The fourth-order valence-corrected chi connectivity index (χ4v) is 4.41. The summed E-state index contributed by atoms with van der Waals surface area (Å²) in [7, 11) is 3.37. The lowest BCUT2D eigenvalue weighted by molar-refractivity contribution is 0.122. The van der Waals surface area contributed by atoms with E-state index in [9.17, 15) is 0 Å². The molecule has 0 unspecified atom stereocenters. The quantitative estimate of drug-likeness (QED) is 0.553. The van der Waals surface area contributed by atoms with Crippen LogP contribution in [0.4, 0.5) is 5.69 Å². The maximum atomic E-state index is 5.53. The van der Waals surface area contributed by atoms with E-state index in [1.807, 2.05) is 0 Å². The van der Waals surface area contributed by atoms with Crippen LogP contribution in [0.2, 0.25) is 0 Å². The number of hydrogen-bond donors (Lipinski definition) is 1. The minimum absolute atomic E-state index is 0.644. The van der Waals surface area contributed by atoms with Crippen molar-refractivity contribution in [2.45, 2.75) is 26.4 Å². The minimum atomic E-state index is 0.644. The highest BCUT2D eigenvalue weighted by atomic mass is 16.5. The second kappa shape index (κ2) is 10.6. The van der Waals surface area contributed by atoms with E-state index in [2.05, 4.69) is 58.4 Å². The molecule has 0 atom stereocenters. The highest BCUT2D eigenvalue weighted by molar-refractivity contribution is 5.80. The van der Waals surface area contributed by atoms with Gasteiger partial charge in [-0.05, 0) is 48.2 Å². The van der Waals surface area contributed by atoms with Crippen molar-refractivity contribution in [3.05, 3.63) is 53.1 Å². The topological polar surface area (TPSA) is 58.6 Å². The van der Waals surface area contributed by atoms with Gasteiger partial charge in [0.1, 0.15) is 0 Å². The van der Waals surface area contributed by atoms with Crippen molar-refractivity contribution in [2.75, 3.05) is 58.5 Å². The van der Waals surface area contributed by atoms with Crippen LogP contribution in [-0.4, -0.2) is 64.5 Å². The molecule has 2 heterocycles. The van der Waals surface area contributed by atoms with Crippen LogP contribution in [0.3, 0.4) is 0 Å². The first-order valence-electron chi connectivity index (χ1n) is 11.4. The molecule has 2 aromatic carbocycles. The first kappa shape index (κ1) is 22.3. The molecule has 1 fully saturated rings. The average Bonchev–Trinajstić information content (AvgIpc) is 2.86. The summed E-state index contributed by atoms with van der Waals surface area (Å²) in [5, 5.41) is 3.49. The van der Waals surface area contributed by atoms with Crippen molar-refractivity contribution >= 4 is 11.6 Å². The molecule has 0 aliphatic carbocycles. The first-order valence-corrected chi connectivity index (χ1v) is 11.4. The average molecular weight is 439 g/mol. The third kappa shape index (κ3) is 4.93. The van der Waals surface area contributed by atoms with Crippen molar-refractivity contribution in [3.63, 3.8) is 0 Å². The Morgan fingerprint density at radius 3 is 2.47 bits per heavy atom. The molecule has 1 N–H and O–H groups in total. The molecule has 0 radical (unpaired) electrons. The lowest BCUT2D eigenvalue weighted by atomic mass is 9.99. The van der Waals surface area contributed by atoms with Gasteiger partial charge in [0.15, 0.2) is 17.5 Å². The number of aliphatic imine (C=N–C) groups is 1. The highest BCUT2D eigenvalue weighted by Gasteiger charge is 2.22. The molecule has 0 amide bonds. The molecular weight excluding hydrogens is 404 g/mol. The van der Waals surface area contributed by atoms with Gasteiger partial charge in [0.25, 0.3) is 0 Å². The van der Waals surface area contributed by atoms with Gasteiger partial charge in [-0.1, -0.05) is 18.2 Å². The molecule has 0 aromatic heterocycles. The third-order valence-electron chi connectivity index (χ3n) is 6.10. The second-order valence-corrected chi connectivity index (χ2v) is 8.05. The zero-order valence-corrected chi connectivity index (χ0v) is 19.4. The third-order valence-corrected chi connectivity index (χ3v) is 6.10. The van der Waals surface area contributed by atoms with E-state index < -0.39 is 0 Å². The monoisotopic (exact) mass is 438 g/mol. The van der Waals surface area contributed by atoms with Crippen LogP contribution < -0.4 is 19.7 Å². The largest absolute Gasteiger partial charge is 0.493 e. The van der Waals surface area contributed by atoms with Gasteiger partial charge in [-0.2, -0.15) is 0 Å². The number of methoxy groups -OCH3 is 2. The van der Waals surface area contributed by atoms with Crippen LogP contribution in [-0.2, 0) is 24.2 Å². The van der Waals surface area contributed by atoms with Gasteiger partial charge in [-0.15, -0.1) is 0 Å². The molecule has 2 aliphatic rings. The number of para-hydroxylation sites is 1. The standard InChI is InChI=1S/C25H34N4O3/c1-4-26-25(27-17-20-7-5-6-8-22(20)28-11-13-32-14-12-28)29-10-9-19-15-23(30-2)24(31-3)16-21(19)18-29/h5-8,15-16H,4,9-14,17-18H2,1-3H3,(H,26,27). The van der Waals surface area contributed by atoms with Crippen LogP contribution in [0, 0.1) is 0 Å². The summed E-state index contributed by atoms with van der Waals surface area (Å²) in [4.78, 5) is 9.76. The molecule has 4 rings (SSSR count). The van der Waals surface area contributed by atoms with E-state index in [0.717, 1.165) is 69.8 Å². The van der Waals surface area contributed by atoms with E-state index in [1.165, 1.54) is 22.4 Å². The van der Waals surface area contributed by atoms with Gasteiger partial charge >= 0.3 is 0 Å². The maximum absolute atomic E-state index is 5.53. The minimum Gasteiger partial charge on any atom is -0.493 e. The summed E-state index contributed by atoms with van der Waals surface area (Å²) in [5.41, 5.74) is 5.07. The molecule has 7 nitrogen and oxygen atoms in total. The Bertz CT molecular complexity index is 941. The molecule has 2 aromatic rings. The Labute approximate surface area is 191 Å². The van der Waals surface area contributed by atoms with Crippen LogP contribution in [0.1, 0.15) is 23.6 Å². The van der Waals surface area contributed by atoms with Crippen molar-refractivity contribution in [3.8, 4) is 11.5 Å². The molecule has 0 saturated carbocycles. The normalized spacial score (nSPS) is 16.5. The van der Waals surface area contributed by atoms with Crippen LogP contribution >= 0.6 is 0 Å². The number of rotatable bonds is 6. The van der Waals surface area contributed by atoms with Gasteiger partial charge in [0.2, 0.25) is 0 Å². The van der Waals surface area contributed by atoms with E-state index in [4.69, 9.17) is 19.2 Å². The number of morpholine rings is 1. The fourth-order valence-electron chi connectivity index (χ4n) is 4.41. The van der Waals surface area contributed by atoms with E-state index in [1.54, 1.807) is 14.2 Å². The Morgan fingerprint density at radius 2 is 1.75 bits per heavy atom. The van der Waals surface area contributed by atoms with Crippen molar-refractivity contribution in [2.24, 2.45) is 4.99 Å². The molecule has 32 heavy (non-hydrogen) atoms. The lowest BCUT2D eigenvalue weighted by Crippen LogP contribution is -2.44. The van der Waals surface area contributed by atoms with Crippen LogP contribution in [0.5, 0.6) is 11.5 Å². The molecular formula is C25H34N4O3. The Hall–Kier alpha value is -2.93. The summed E-state index contributed by atoms with van der Waals surface area (Å²) >= 11 is 0. The Morgan fingerprint density at radius 1 is 1.03 bits per heavy atom. The predicted octanol–water partition coefficient (Wildman–Crippen LogP) is 3.06. The van der Waals surface area contributed by atoms with Crippen LogP contribution in [0.15, 0.2) is 41.4 Å². The fraction of sp³-hybridized carbons (Fsp3) is 0.480. The zero-order valence-electron chi connectivity index (χ0n) is 19.4. The Kier molecular flexibility index (Phi) is 7.37. The number of nitrogens with zero attached hydrogens (tertiary/aromatic N) is 3. The van der Waals surface area contributed by atoms with E-state index in [0.29, 0.717) is 6.54 Å². The number of ether oxygens (including phenoxy) is 3. The number of benzene rings is 2. The van der Waals surface area contributed by atoms with E-state index in [-0.39, 0.29) is 0 Å². The number of guanidine groups is 1. The molecule has 2 aliphatic heterocycles. The molecule has 0 bridgehead atoms. The number of nitrogens with one attached hydrogen (secondary N) is 1. The molecule has 1 saturated heterocycles. The summed E-state index contributed by atoms with van der Waals surface area (Å²) in [5.74, 6) is 2.51. The smallest absolute Gasteiger partial charge is 0.194 e. The van der Waals surface area contributed by atoms with Crippen molar-refractivity contribution in [1.82, 2.24) is 10.2 Å². The predicted molar refractivity (Wildman–Crippen MR) is 128 cm³/mol. The summed E-state index contributed by atoms with van der Waals surface area (Å²) in [6.07, 6.45) is 0.949.